The fraction of sp³-hybridized carbons (Fsp3) is 0.714. The Morgan fingerprint density at radius 3 is 2.46 bits per heavy atom. The molecule has 0 spiro atoms. The molecule has 4 N–H and O–H groups in total. The van der Waals surface area contributed by atoms with Crippen LogP contribution in [0.15, 0.2) is 30.3 Å². The lowest BCUT2D eigenvalue weighted by Crippen LogP contribution is -2.47. The van der Waals surface area contributed by atoms with Crippen molar-refractivity contribution in [3.8, 4) is 0 Å². The highest BCUT2D eigenvalue weighted by Gasteiger charge is 2.28. The van der Waals surface area contributed by atoms with Crippen LogP contribution in [0.5, 0.6) is 0 Å². The van der Waals surface area contributed by atoms with Gasteiger partial charge in [0.25, 0.3) is 0 Å². The number of likely N-dealkylation sites (tertiary alicyclic amines) is 1. The van der Waals surface area contributed by atoms with E-state index in [0.29, 0.717) is 12.4 Å². The van der Waals surface area contributed by atoms with E-state index in [2.05, 4.69) is 49.1 Å². The number of rotatable bonds is 10. The lowest BCUT2D eigenvalue weighted by atomic mass is 9.81. The molecule has 2 rings (SSSR count). The fourth-order valence-corrected chi connectivity index (χ4v) is 4.31. The van der Waals surface area contributed by atoms with Crippen LogP contribution < -0.4 is 5.73 Å². The van der Waals surface area contributed by atoms with Crippen molar-refractivity contribution >= 4 is 7.12 Å². The topological polar surface area (TPSA) is 69.7 Å². The number of unbranched alkanes of at least 4 members (excludes halogenated alkanes) is 1. The SMILES string of the molecule is CC(CC(C)(N)CCCCB(O)O)N1CCC(Cc2ccccc2)CC1. The highest BCUT2D eigenvalue weighted by Crippen LogP contribution is 2.26. The van der Waals surface area contributed by atoms with E-state index in [9.17, 15) is 0 Å². The third-order valence-electron chi connectivity index (χ3n) is 5.86. The van der Waals surface area contributed by atoms with Crippen LogP contribution in [0.1, 0.15) is 57.9 Å². The minimum Gasteiger partial charge on any atom is -0.427 e. The van der Waals surface area contributed by atoms with Gasteiger partial charge in [0, 0.05) is 11.6 Å². The van der Waals surface area contributed by atoms with E-state index < -0.39 is 7.12 Å². The average molecular weight is 360 g/mol. The maximum Gasteiger partial charge on any atom is 0.451 e. The zero-order valence-corrected chi connectivity index (χ0v) is 16.6. The predicted molar refractivity (Wildman–Crippen MR) is 110 cm³/mol. The molecule has 1 aromatic carbocycles. The van der Waals surface area contributed by atoms with E-state index in [0.717, 1.165) is 31.6 Å². The van der Waals surface area contributed by atoms with Crippen LogP contribution in [-0.4, -0.2) is 46.7 Å². The summed E-state index contributed by atoms with van der Waals surface area (Å²) in [4.78, 5) is 2.60. The molecule has 26 heavy (non-hydrogen) atoms. The van der Waals surface area contributed by atoms with E-state index in [1.807, 2.05) is 0 Å². The fourth-order valence-electron chi connectivity index (χ4n) is 4.31. The molecule has 1 aliphatic heterocycles. The van der Waals surface area contributed by atoms with Crippen LogP contribution in [0, 0.1) is 5.92 Å². The molecule has 0 aliphatic carbocycles. The smallest absolute Gasteiger partial charge is 0.427 e. The number of hydrogen-bond acceptors (Lipinski definition) is 4. The Kier molecular flexibility index (Phi) is 8.62. The van der Waals surface area contributed by atoms with Gasteiger partial charge in [-0.05, 0) is 76.8 Å². The molecule has 0 radical (unpaired) electrons. The highest BCUT2D eigenvalue weighted by molar-refractivity contribution is 6.40. The zero-order valence-electron chi connectivity index (χ0n) is 16.6. The van der Waals surface area contributed by atoms with E-state index >= 15 is 0 Å². The molecule has 1 aromatic rings. The Morgan fingerprint density at radius 2 is 1.85 bits per heavy atom. The summed E-state index contributed by atoms with van der Waals surface area (Å²) >= 11 is 0. The van der Waals surface area contributed by atoms with Gasteiger partial charge < -0.3 is 20.7 Å². The number of nitrogens with zero attached hydrogens (tertiary/aromatic N) is 1. The van der Waals surface area contributed by atoms with Crippen LogP contribution in [0.2, 0.25) is 6.32 Å². The average Bonchev–Trinajstić information content (AvgIpc) is 2.60. The Morgan fingerprint density at radius 1 is 1.19 bits per heavy atom. The summed E-state index contributed by atoms with van der Waals surface area (Å²) in [5.74, 6) is 0.801. The van der Waals surface area contributed by atoms with Gasteiger partial charge >= 0.3 is 7.12 Å². The standard InChI is InChI=1S/C21H37BN2O2/c1-18(17-21(2,23)12-6-7-13-22(25)26)24-14-10-20(11-15-24)16-19-8-4-3-5-9-19/h3-5,8-9,18,20,25-26H,6-7,10-17,23H2,1-2H3. The van der Waals surface area contributed by atoms with Gasteiger partial charge in [0.2, 0.25) is 0 Å². The second-order valence-electron chi connectivity index (χ2n) is 8.60. The maximum absolute atomic E-state index is 8.93. The number of hydrogen-bond donors (Lipinski definition) is 3. The molecular formula is C21H37BN2O2. The summed E-state index contributed by atoms with van der Waals surface area (Å²) in [6.07, 6.45) is 7.91. The summed E-state index contributed by atoms with van der Waals surface area (Å²) in [5.41, 5.74) is 7.80. The number of benzene rings is 1. The molecule has 2 atom stereocenters. The second-order valence-corrected chi connectivity index (χ2v) is 8.60. The van der Waals surface area contributed by atoms with E-state index in [4.69, 9.17) is 15.8 Å². The van der Waals surface area contributed by atoms with Crippen LogP contribution in [0.4, 0.5) is 0 Å². The van der Waals surface area contributed by atoms with Crippen molar-refractivity contribution in [2.45, 2.75) is 76.7 Å². The van der Waals surface area contributed by atoms with Crippen molar-refractivity contribution in [1.29, 1.82) is 0 Å². The second kappa shape index (κ2) is 10.5. The minimum atomic E-state index is -1.19. The summed E-state index contributed by atoms with van der Waals surface area (Å²) in [7, 11) is -1.19. The Hall–Kier alpha value is -0.875. The third-order valence-corrected chi connectivity index (χ3v) is 5.86. The molecule has 0 bridgehead atoms. The first-order chi connectivity index (χ1) is 12.4. The normalized spacial score (nSPS) is 19.9. The highest BCUT2D eigenvalue weighted by atomic mass is 16.4. The maximum atomic E-state index is 8.93. The zero-order chi connectivity index (χ0) is 19.0. The minimum absolute atomic E-state index is 0.180. The lowest BCUT2D eigenvalue weighted by Gasteiger charge is -2.39. The Labute approximate surface area is 159 Å². The van der Waals surface area contributed by atoms with Crippen molar-refractivity contribution in [3.63, 3.8) is 0 Å². The van der Waals surface area contributed by atoms with Crippen LogP contribution in [0.3, 0.4) is 0 Å². The summed E-state index contributed by atoms with van der Waals surface area (Å²) < 4.78 is 0. The first kappa shape index (κ1) is 21.4. The molecular weight excluding hydrogens is 323 g/mol. The predicted octanol–water partition coefficient (Wildman–Crippen LogP) is 3.08. The largest absolute Gasteiger partial charge is 0.451 e. The van der Waals surface area contributed by atoms with Gasteiger partial charge in [-0.2, -0.15) is 0 Å². The lowest BCUT2D eigenvalue weighted by molar-refractivity contribution is 0.119. The molecule has 1 fully saturated rings. The van der Waals surface area contributed by atoms with Gasteiger partial charge in [0.05, 0.1) is 0 Å². The van der Waals surface area contributed by atoms with Gasteiger partial charge in [0.15, 0.2) is 0 Å². The monoisotopic (exact) mass is 360 g/mol. The summed E-state index contributed by atoms with van der Waals surface area (Å²) in [5, 5.41) is 17.9. The molecule has 2 unspecified atom stereocenters. The molecule has 0 aromatic heterocycles. The quantitative estimate of drug-likeness (QED) is 0.443. The van der Waals surface area contributed by atoms with Gasteiger partial charge in [-0.1, -0.05) is 43.2 Å². The Bertz CT molecular complexity index is 502. The molecule has 146 valence electrons. The molecule has 5 heteroatoms. The van der Waals surface area contributed by atoms with Gasteiger partial charge in [-0.25, -0.2) is 0 Å². The molecule has 0 saturated carbocycles. The van der Waals surface area contributed by atoms with E-state index in [1.165, 1.54) is 37.9 Å². The molecule has 1 aliphatic rings. The first-order valence-corrected chi connectivity index (χ1v) is 10.3. The van der Waals surface area contributed by atoms with Gasteiger partial charge in [0.1, 0.15) is 0 Å². The summed E-state index contributed by atoms with van der Waals surface area (Å²) in [6.45, 7) is 6.79. The van der Waals surface area contributed by atoms with Gasteiger partial charge in [-0.15, -0.1) is 0 Å². The van der Waals surface area contributed by atoms with Crippen molar-refractivity contribution < 1.29 is 10.0 Å². The molecule has 1 saturated heterocycles. The van der Waals surface area contributed by atoms with E-state index in [1.54, 1.807) is 0 Å². The first-order valence-electron chi connectivity index (χ1n) is 10.3. The van der Waals surface area contributed by atoms with Crippen molar-refractivity contribution in [2.75, 3.05) is 13.1 Å². The van der Waals surface area contributed by atoms with Crippen LogP contribution >= 0.6 is 0 Å². The van der Waals surface area contributed by atoms with Crippen molar-refractivity contribution in [2.24, 2.45) is 11.7 Å². The molecule has 1 heterocycles. The third kappa shape index (κ3) is 7.79. The number of piperidine rings is 1. The van der Waals surface area contributed by atoms with Gasteiger partial charge in [-0.3, -0.25) is 0 Å². The molecule has 4 nitrogen and oxygen atoms in total. The Balaban J connectivity index is 1.69. The molecule has 0 amide bonds. The number of nitrogens with two attached hydrogens (primary N) is 1. The summed E-state index contributed by atoms with van der Waals surface area (Å²) in [6, 6.07) is 11.3. The van der Waals surface area contributed by atoms with E-state index in [-0.39, 0.29) is 5.54 Å². The van der Waals surface area contributed by atoms with Crippen LogP contribution in [-0.2, 0) is 6.42 Å². The van der Waals surface area contributed by atoms with Crippen LogP contribution in [0.25, 0.3) is 0 Å². The van der Waals surface area contributed by atoms with Crippen molar-refractivity contribution in [3.05, 3.63) is 35.9 Å². The van der Waals surface area contributed by atoms with Crippen molar-refractivity contribution in [1.82, 2.24) is 4.90 Å².